The van der Waals surface area contributed by atoms with Crippen LogP contribution in [-0.2, 0) is 0 Å². The van der Waals surface area contributed by atoms with Crippen LogP contribution >= 0.6 is 31.9 Å². The van der Waals surface area contributed by atoms with E-state index < -0.39 is 0 Å². The smallest absolute Gasteiger partial charge is 0.0361 e. The summed E-state index contributed by atoms with van der Waals surface area (Å²) in [6.45, 7) is 0. The summed E-state index contributed by atoms with van der Waals surface area (Å²) in [5.41, 5.74) is 2.45. The van der Waals surface area contributed by atoms with Crippen LogP contribution in [0.3, 0.4) is 0 Å². The Kier molecular flexibility index (Phi) is 7.10. The largest absolute Gasteiger partial charge is 0.378 e. The molecular weight excluding hydrogens is 380 g/mol. The Bertz CT molecular complexity index is 456. The van der Waals surface area contributed by atoms with E-state index in [9.17, 15) is 0 Å². The molecule has 0 aliphatic heterocycles. The average molecular weight is 400 g/mol. The first-order chi connectivity index (χ1) is 9.40. The van der Waals surface area contributed by atoms with Gasteiger partial charge in [0, 0.05) is 48.5 Å². The minimum Gasteiger partial charge on any atom is -0.378 e. The van der Waals surface area contributed by atoms with Crippen molar-refractivity contribution in [2.75, 3.05) is 38.0 Å². The third-order valence-electron chi connectivity index (χ3n) is 2.69. The van der Waals surface area contributed by atoms with Gasteiger partial charge in [-0.1, -0.05) is 31.9 Å². The molecule has 0 amide bonds. The second-order valence-electron chi connectivity index (χ2n) is 4.74. The van der Waals surface area contributed by atoms with Gasteiger partial charge in [-0.15, -0.1) is 0 Å². The Hall–Kier alpha value is -1.00. The Morgan fingerprint density at radius 1 is 0.550 bits per heavy atom. The predicted molar refractivity (Wildman–Crippen MR) is 96.9 cm³/mol. The lowest BCUT2D eigenvalue weighted by atomic mass is 10.3. The van der Waals surface area contributed by atoms with Crippen LogP contribution in [-0.4, -0.2) is 28.2 Å². The van der Waals surface area contributed by atoms with E-state index in [0.717, 1.165) is 8.95 Å². The van der Waals surface area contributed by atoms with Crippen LogP contribution < -0.4 is 9.80 Å². The Morgan fingerprint density at radius 3 is 1.00 bits per heavy atom. The van der Waals surface area contributed by atoms with E-state index in [1.807, 2.05) is 52.5 Å². The lowest BCUT2D eigenvalue weighted by molar-refractivity contribution is 1.13. The molecule has 0 aromatic heterocycles. The molecule has 2 rings (SSSR count). The molecule has 0 spiro atoms. The fourth-order valence-corrected chi connectivity index (χ4v) is 2.01. The highest BCUT2D eigenvalue weighted by Gasteiger charge is 1.92. The highest BCUT2D eigenvalue weighted by Crippen LogP contribution is 2.16. The van der Waals surface area contributed by atoms with Crippen LogP contribution in [0.5, 0.6) is 0 Å². The fourth-order valence-electron chi connectivity index (χ4n) is 1.48. The first-order valence-electron chi connectivity index (χ1n) is 6.26. The zero-order valence-electron chi connectivity index (χ0n) is 12.3. The Balaban J connectivity index is 0.000000200. The lowest BCUT2D eigenvalue weighted by Gasteiger charge is -2.11. The summed E-state index contributed by atoms with van der Waals surface area (Å²) in [5, 5.41) is 0. The first-order valence-corrected chi connectivity index (χ1v) is 7.84. The SMILES string of the molecule is CN(C)c1ccc(Br)cc1.CN(C)c1ccc(Br)cc1. The number of anilines is 2. The monoisotopic (exact) mass is 398 g/mol. The molecule has 0 N–H and O–H groups in total. The third-order valence-corrected chi connectivity index (χ3v) is 3.74. The number of halogens is 2. The molecule has 2 aromatic carbocycles. The molecular formula is C16H20Br2N2. The van der Waals surface area contributed by atoms with Gasteiger partial charge in [0.1, 0.15) is 0 Å². The van der Waals surface area contributed by atoms with Gasteiger partial charge >= 0.3 is 0 Å². The lowest BCUT2D eigenvalue weighted by Crippen LogP contribution is -2.07. The van der Waals surface area contributed by atoms with Crippen molar-refractivity contribution >= 4 is 43.2 Å². The standard InChI is InChI=1S/2C8H10BrN/c2*1-10(2)8-5-3-7(9)4-6-8/h2*3-6H,1-2H3. The normalized spacial score (nSPS) is 9.50. The van der Waals surface area contributed by atoms with Crippen molar-refractivity contribution in [3.8, 4) is 0 Å². The van der Waals surface area contributed by atoms with Crippen molar-refractivity contribution in [2.24, 2.45) is 0 Å². The van der Waals surface area contributed by atoms with E-state index in [4.69, 9.17) is 0 Å². The average Bonchev–Trinajstić information content (AvgIpc) is 2.40. The molecule has 0 fully saturated rings. The first kappa shape index (κ1) is 17.1. The van der Waals surface area contributed by atoms with Crippen molar-refractivity contribution in [1.29, 1.82) is 0 Å². The molecule has 108 valence electrons. The summed E-state index contributed by atoms with van der Waals surface area (Å²) in [5.74, 6) is 0. The Labute approximate surface area is 138 Å². The van der Waals surface area contributed by atoms with E-state index in [2.05, 4.69) is 65.9 Å². The van der Waals surface area contributed by atoms with Gasteiger partial charge in [0.15, 0.2) is 0 Å². The quantitative estimate of drug-likeness (QED) is 0.698. The maximum absolute atomic E-state index is 3.38. The molecule has 0 aliphatic rings. The predicted octanol–water partition coefficient (Wildman–Crippen LogP) is 5.03. The molecule has 4 heteroatoms. The molecule has 0 unspecified atom stereocenters. The highest BCUT2D eigenvalue weighted by atomic mass is 79.9. The fraction of sp³-hybridized carbons (Fsp3) is 0.250. The minimum absolute atomic E-state index is 1.12. The zero-order chi connectivity index (χ0) is 15.1. The van der Waals surface area contributed by atoms with Gasteiger partial charge in [-0.3, -0.25) is 0 Å². The van der Waals surface area contributed by atoms with E-state index in [-0.39, 0.29) is 0 Å². The van der Waals surface area contributed by atoms with Crippen molar-refractivity contribution in [2.45, 2.75) is 0 Å². The number of hydrogen-bond acceptors (Lipinski definition) is 2. The van der Waals surface area contributed by atoms with Gasteiger partial charge in [-0.25, -0.2) is 0 Å². The van der Waals surface area contributed by atoms with Crippen molar-refractivity contribution in [1.82, 2.24) is 0 Å². The van der Waals surface area contributed by atoms with Gasteiger partial charge in [-0.2, -0.15) is 0 Å². The summed E-state index contributed by atoms with van der Waals surface area (Å²) in [7, 11) is 8.12. The second kappa shape index (κ2) is 8.32. The van der Waals surface area contributed by atoms with Gasteiger partial charge in [0.05, 0.1) is 0 Å². The molecule has 0 saturated heterocycles. The van der Waals surface area contributed by atoms with E-state index >= 15 is 0 Å². The van der Waals surface area contributed by atoms with Crippen molar-refractivity contribution < 1.29 is 0 Å². The van der Waals surface area contributed by atoms with E-state index in [0.29, 0.717) is 0 Å². The summed E-state index contributed by atoms with van der Waals surface area (Å²) >= 11 is 6.75. The molecule has 0 heterocycles. The van der Waals surface area contributed by atoms with E-state index in [1.54, 1.807) is 0 Å². The van der Waals surface area contributed by atoms with Crippen LogP contribution in [0.4, 0.5) is 11.4 Å². The molecule has 2 nitrogen and oxygen atoms in total. The van der Waals surface area contributed by atoms with Gasteiger partial charge in [0.2, 0.25) is 0 Å². The van der Waals surface area contributed by atoms with Crippen LogP contribution in [0.2, 0.25) is 0 Å². The van der Waals surface area contributed by atoms with Crippen LogP contribution in [0.15, 0.2) is 57.5 Å². The number of hydrogen-bond donors (Lipinski definition) is 0. The maximum Gasteiger partial charge on any atom is 0.0361 e. The number of nitrogens with zero attached hydrogens (tertiary/aromatic N) is 2. The van der Waals surface area contributed by atoms with Gasteiger partial charge in [0.25, 0.3) is 0 Å². The van der Waals surface area contributed by atoms with Crippen LogP contribution in [0, 0.1) is 0 Å². The van der Waals surface area contributed by atoms with Gasteiger partial charge in [-0.05, 0) is 48.5 Å². The molecule has 0 radical (unpaired) electrons. The molecule has 0 bridgehead atoms. The summed E-state index contributed by atoms with van der Waals surface area (Å²) in [4.78, 5) is 4.15. The third kappa shape index (κ3) is 5.97. The van der Waals surface area contributed by atoms with Crippen molar-refractivity contribution in [3.05, 3.63) is 57.5 Å². The van der Waals surface area contributed by atoms with Gasteiger partial charge < -0.3 is 9.80 Å². The van der Waals surface area contributed by atoms with Crippen molar-refractivity contribution in [3.63, 3.8) is 0 Å². The molecule has 20 heavy (non-hydrogen) atoms. The molecule has 0 aliphatic carbocycles. The summed E-state index contributed by atoms with van der Waals surface area (Å²) in [6, 6.07) is 16.4. The maximum atomic E-state index is 3.38. The van der Waals surface area contributed by atoms with Crippen LogP contribution in [0.1, 0.15) is 0 Å². The van der Waals surface area contributed by atoms with Crippen LogP contribution in [0.25, 0.3) is 0 Å². The minimum atomic E-state index is 1.12. The summed E-state index contributed by atoms with van der Waals surface area (Å²) in [6.07, 6.45) is 0. The van der Waals surface area contributed by atoms with E-state index in [1.165, 1.54) is 11.4 Å². The molecule has 0 saturated carbocycles. The molecule has 2 aromatic rings. The number of rotatable bonds is 2. The molecule has 0 atom stereocenters. The summed E-state index contributed by atoms with van der Waals surface area (Å²) < 4.78 is 2.25. The number of benzene rings is 2. The Morgan fingerprint density at radius 2 is 0.800 bits per heavy atom. The zero-order valence-corrected chi connectivity index (χ0v) is 15.4. The topological polar surface area (TPSA) is 6.48 Å². The highest BCUT2D eigenvalue weighted by molar-refractivity contribution is 9.10. The second-order valence-corrected chi connectivity index (χ2v) is 6.57.